The van der Waals surface area contributed by atoms with E-state index in [4.69, 9.17) is 9.47 Å². The van der Waals surface area contributed by atoms with Gasteiger partial charge in [0.15, 0.2) is 0 Å². The summed E-state index contributed by atoms with van der Waals surface area (Å²) in [6.07, 6.45) is 3.31. The van der Waals surface area contributed by atoms with Crippen LogP contribution < -0.4 is 0 Å². The highest BCUT2D eigenvalue weighted by molar-refractivity contribution is 5.33. The first-order chi connectivity index (χ1) is 13.4. The van der Waals surface area contributed by atoms with Gasteiger partial charge in [0, 0.05) is 56.4 Å². The van der Waals surface area contributed by atoms with Crippen molar-refractivity contribution in [3.05, 3.63) is 0 Å². The molecule has 6 nitrogen and oxygen atoms in total. The molecule has 0 amide bonds. The molecule has 0 aromatic heterocycles. The summed E-state index contributed by atoms with van der Waals surface area (Å²) in [4.78, 5) is 2.40. The number of piperidine rings is 1. The summed E-state index contributed by atoms with van der Waals surface area (Å²) < 4.78 is 11.9. The van der Waals surface area contributed by atoms with Gasteiger partial charge in [-0.05, 0) is 44.1 Å². The van der Waals surface area contributed by atoms with Crippen LogP contribution in [0.4, 0.5) is 0 Å². The van der Waals surface area contributed by atoms with Crippen LogP contribution in [0.15, 0.2) is 0 Å². The maximum Gasteiger partial charge on any atom is 0.0810 e. The molecule has 1 aliphatic heterocycles. The molecule has 1 heterocycles. The smallest absolute Gasteiger partial charge is 0.0810 e. The Labute approximate surface area is 167 Å². The number of ether oxygens (including phenoxy) is 2. The zero-order chi connectivity index (χ0) is 19.6. The maximum atomic E-state index is 12.3. The predicted octanol–water partition coefficient (Wildman–Crippen LogP) is 0.630. The molecule has 6 heteroatoms. The first kappa shape index (κ1) is 18.5. The standard InChI is InChI=1S/C22H35NO5/c1-4-23-10-20(25)6-5-16(24)22-12-7-11-14(27-2)9-21(26,17(12)18(11)28-3)13(19(22)23)8-15(20)22/h11-19,24-26H,4-10H2,1-3H3/t11-,12-,13?,14+,15-,16?,17-,18+,19-,20-,21+,22?/m1/s1. The SMILES string of the molecule is CCN1C[C@]2(O)CCC(O)C34[C@@H]5C[C@H]6[C@H](OC)[C@@H]5[C@](O)(C[C@@H]6OC)C(C[C@@H]32)[C@@H]14. The topological polar surface area (TPSA) is 82.4 Å². The van der Waals surface area contributed by atoms with Crippen LogP contribution >= 0.6 is 0 Å². The van der Waals surface area contributed by atoms with E-state index in [-0.39, 0.29) is 53.3 Å². The molecule has 3 N–H and O–H groups in total. The van der Waals surface area contributed by atoms with E-state index in [1.807, 2.05) is 0 Å². The highest BCUT2D eigenvalue weighted by Gasteiger charge is 2.83. The fourth-order valence-electron chi connectivity index (χ4n) is 9.96. The van der Waals surface area contributed by atoms with Gasteiger partial charge in [-0.1, -0.05) is 6.92 Å². The number of hydrogen-bond acceptors (Lipinski definition) is 6. The Morgan fingerprint density at radius 1 is 1.11 bits per heavy atom. The third-order valence-corrected chi connectivity index (χ3v) is 10.5. The summed E-state index contributed by atoms with van der Waals surface area (Å²) in [7, 11) is 3.52. The normalized spacial score (nSPS) is 64.3. The lowest BCUT2D eigenvalue weighted by molar-refractivity contribution is -0.281. The van der Waals surface area contributed by atoms with Gasteiger partial charge in [-0.2, -0.15) is 0 Å². The van der Waals surface area contributed by atoms with Gasteiger partial charge in [-0.3, -0.25) is 4.90 Å². The molecule has 6 aliphatic rings. The number of hydrogen-bond donors (Lipinski definition) is 3. The number of rotatable bonds is 3. The van der Waals surface area contributed by atoms with Gasteiger partial charge in [0.05, 0.1) is 29.5 Å². The number of fused-ring (bicyclic) bond motifs is 2. The van der Waals surface area contributed by atoms with Gasteiger partial charge in [0.25, 0.3) is 0 Å². The molecule has 7 bridgehead atoms. The minimum atomic E-state index is -0.843. The second-order valence-electron chi connectivity index (χ2n) is 10.8. The maximum absolute atomic E-state index is 12.3. The average molecular weight is 394 g/mol. The fraction of sp³-hybridized carbons (Fsp3) is 1.00. The van der Waals surface area contributed by atoms with E-state index in [9.17, 15) is 15.3 Å². The van der Waals surface area contributed by atoms with Crippen molar-refractivity contribution in [2.45, 2.75) is 74.6 Å². The van der Waals surface area contributed by atoms with Crippen molar-refractivity contribution < 1.29 is 24.8 Å². The molecule has 0 aromatic rings. The molecule has 6 fully saturated rings. The van der Waals surface area contributed by atoms with E-state index in [1.54, 1.807) is 14.2 Å². The number of β-amino-alcohol motifs (C(OH)–C–C–N with tert-alkyl or cyclic N) is 1. The average Bonchev–Trinajstić information content (AvgIpc) is 3.16. The van der Waals surface area contributed by atoms with E-state index < -0.39 is 17.3 Å². The third kappa shape index (κ3) is 1.72. The number of aliphatic hydroxyl groups is 3. The first-order valence-corrected chi connectivity index (χ1v) is 11.3. The molecule has 1 saturated heterocycles. The second kappa shape index (κ2) is 5.51. The Morgan fingerprint density at radius 3 is 2.57 bits per heavy atom. The zero-order valence-electron chi connectivity index (χ0n) is 17.3. The molecular formula is C22H35NO5. The van der Waals surface area contributed by atoms with Crippen LogP contribution in [-0.2, 0) is 9.47 Å². The quantitative estimate of drug-likeness (QED) is 0.653. The summed E-state index contributed by atoms with van der Waals surface area (Å²) in [6, 6.07) is 0.149. The van der Waals surface area contributed by atoms with Crippen LogP contribution in [0.25, 0.3) is 0 Å². The van der Waals surface area contributed by atoms with Crippen molar-refractivity contribution in [3.63, 3.8) is 0 Å². The lowest BCUT2D eigenvalue weighted by atomic mass is 9.45. The zero-order valence-corrected chi connectivity index (χ0v) is 17.3. The Balaban J connectivity index is 1.59. The molecule has 3 unspecified atom stereocenters. The number of likely N-dealkylation sites (tertiary alicyclic amines) is 1. The van der Waals surface area contributed by atoms with Gasteiger partial charge in [-0.15, -0.1) is 0 Å². The Hall–Kier alpha value is -0.240. The number of aliphatic hydroxyl groups excluding tert-OH is 1. The van der Waals surface area contributed by atoms with E-state index in [0.29, 0.717) is 25.8 Å². The van der Waals surface area contributed by atoms with Crippen molar-refractivity contribution in [1.29, 1.82) is 0 Å². The summed E-state index contributed by atoms with van der Waals surface area (Å²) in [6.45, 7) is 3.69. The first-order valence-electron chi connectivity index (χ1n) is 11.3. The molecule has 5 saturated carbocycles. The highest BCUT2D eigenvalue weighted by Crippen LogP contribution is 2.77. The van der Waals surface area contributed by atoms with E-state index in [0.717, 1.165) is 19.4 Å². The number of nitrogens with zero attached hydrogens (tertiary/aromatic N) is 1. The van der Waals surface area contributed by atoms with Crippen LogP contribution in [-0.4, -0.2) is 83.1 Å². The van der Waals surface area contributed by atoms with Gasteiger partial charge in [-0.25, -0.2) is 0 Å². The minimum absolute atomic E-state index is 0.00139. The van der Waals surface area contributed by atoms with Gasteiger partial charge < -0.3 is 24.8 Å². The molecular weight excluding hydrogens is 358 g/mol. The van der Waals surface area contributed by atoms with E-state index in [2.05, 4.69) is 11.8 Å². The molecule has 0 aromatic carbocycles. The molecule has 1 spiro atoms. The fourth-order valence-corrected chi connectivity index (χ4v) is 9.96. The highest BCUT2D eigenvalue weighted by atomic mass is 16.5. The van der Waals surface area contributed by atoms with Crippen molar-refractivity contribution in [2.24, 2.45) is 35.0 Å². The van der Waals surface area contributed by atoms with Gasteiger partial charge in [0.2, 0.25) is 0 Å². The van der Waals surface area contributed by atoms with Crippen molar-refractivity contribution in [3.8, 4) is 0 Å². The molecule has 158 valence electrons. The predicted molar refractivity (Wildman–Crippen MR) is 102 cm³/mol. The Morgan fingerprint density at radius 2 is 1.89 bits per heavy atom. The monoisotopic (exact) mass is 393 g/mol. The summed E-state index contributed by atoms with van der Waals surface area (Å²) >= 11 is 0. The number of methoxy groups -OCH3 is 2. The minimum Gasteiger partial charge on any atom is -0.392 e. The lowest BCUT2D eigenvalue weighted by Crippen LogP contribution is -2.77. The Bertz CT molecular complexity index is 690. The van der Waals surface area contributed by atoms with Crippen LogP contribution in [0.1, 0.15) is 39.0 Å². The van der Waals surface area contributed by atoms with E-state index >= 15 is 0 Å². The van der Waals surface area contributed by atoms with Crippen LogP contribution in [0.3, 0.4) is 0 Å². The molecule has 6 rings (SSSR count). The Kier molecular flexibility index (Phi) is 3.65. The molecule has 5 aliphatic carbocycles. The molecule has 28 heavy (non-hydrogen) atoms. The largest absolute Gasteiger partial charge is 0.392 e. The van der Waals surface area contributed by atoms with Gasteiger partial charge >= 0.3 is 0 Å². The molecule has 12 atom stereocenters. The van der Waals surface area contributed by atoms with Crippen molar-refractivity contribution >= 4 is 0 Å². The van der Waals surface area contributed by atoms with Gasteiger partial charge in [0.1, 0.15) is 0 Å². The second-order valence-corrected chi connectivity index (χ2v) is 10.8. The van der Waals surface area contributed by atoms with Crippen LogP contribution in [0.5, 0.6) is 0 Å². The summed E-state index contributed by atoms with van der Waals surface area (Å²) in [5.74, 6) is 0.622. The number of likely N-dealkylation sites (N-methyl/N-ethyl adjacent to an activating group) is 1. The van der Waals surface area contributed by atoms with Crippen molar-refractivity contribution in [2.75, 3.05) is 27.3 Å². The van der Waals surface area contributed by atoms with E-state index in [1.165, 1.54) is 0 Å². The van der Waals surface area contributed by atoms with Crippen LogP contribution in [0.2, 0.25) is 0 Å². The summed E-state index contributed by atoms with van der Waals surface area (Å²) in [5, 5.41) is 35.6. The van der Waals surface area contributed by atoms with Crippen LogP contribution in [0, 0.1) is 35.0 Å². The summed E-state index contributed by atoms with van der Waals surface area (Å²) in [5.41, 5.74) is -1.90. The molecule has 0 radical (unpaired) electrons. The third-order valence-electron chi connectivity index (χ3n) is 10.5. The van der Waals surface area contributed by atoms with Crippen molar-refractivity contribution in [1.82, 2.24) is 4.90 Å². The lowest BCUT2D eigenvalue weighted by Gasteiger charge is -2.68.